The Morgan fingerprint density at radius 1 is 0.300 bits per heavy atom. The summed E-state index contributed by atoms with van der Waals surface area (Å²) in [7, 11) is 0. The number of benzene rings is 6. The van der Waals surface area contributed by atoms with Crippen LogP contribution in [0.2, 0.25) is 0 Å². The smallest absolute Gasteiger partial charge is 0.166 e. The Morgan fingerprint density at radius 2 is 0.500 bits per heavy atom. The van der Waals surface area contributed by atoms with Crippen LogP contribution >= 0.6 is 0 Å². The quantitative estimate of drug-likeness (QED) is 0.162. The van der Waals surface area contributed by atoms with Gasteiger partial charge in [-0.05, 0) is 121 Å². The Labute approximate surface area is 297 Å². The molecule has 4 heteroatoms. The summed E-state index contributed by atoms with van der Waals surface area (Å²) < 4.78 is 0. The van der Waals surface area contributed by atoms with Crippen LogP contribution in [0, 0.1) is 0 Å². The van der Waals surface area contributed by atoms with Gasteiger partial charge in [0.25, 0.3) is 0 Å². The molecule has 0 aromatic heterocycles. The molecular formula is C46H44N4. The van der Waals surface area contributed by atoms with Gasteiger partial charge < -0.3 is 0 Å². The molecule has 50 heavy (non-hydrogen) atoms. The third-order valence-corrected chi connectivity index (χ3v) is 10.2. The van der Waals surface area contributed by atoms with E-state index in [-0.39, 0.29) is 0 Å². The summed E-state index contributed by atoms with van der Waals surface area (Å²) in [4.78, 5) is 9.98. The maximum absolute atomic E-state index is 2.50. The fourth-order valence-electron chi connectivity index (χ4n) is 7.77. The van der Waals surface area contributed by atoms with Crippen molar-refractivity contribution in [3.63, 3.8) is 0 Å². The lowest BCUT2D eigenvalue weighted by atomic mass is 10.0. The topological polar surface area (TPSA) is 13.0 Å². The molecule has 0 saturated carbocycles. The minimum Gasteiger partial charge on any atom is -0.291 e. The van der Waals surface area contributed by atoms with Gasteiger partial charge in [-0.15, -0.1) is 0 Å². The molecule has 6 aromatic rings. The van der Waals surface area contributed by atoms with Crippen molar-refractivity contribution >= 4 is 45.5 Å². The van der Waals surface area contributed by atoms with Gasteiger partial charge in [0.1, 0.15) is 0 Å². The van der Waals surface area contributed by atoms with Gasteiger partial charge in [-0.2, -0.15) is 0 Å². The number of hydrogen-bond acceptors (Lipinski definition) is 4. The number of fused-ring (bicyclic) bond motifs is 2. The van der Waals surface area contributed by atoms with Crippen molar-refractivity contribution < 1.29 is 0 Å². The van der Waals surface area contributed by atoms with E-state index in [2.05, 4.69) is 193 Å². The molecular weight excluding hydrogens is 609 g/mol. The van der Waals surface area contributed by atoms with Crippen LogP contribution in [0.5, 0.6) is 0 Å². The second-order valence-corrected chi connectivity index (χ2v) is 13.0. The molecule has 0 unspecified atom stereocenters. The van der Waals surface area contributed by atoms with Crippen molar-refractivity contribution in [2.75, 3.05) is 19.6 Å². The van der Waals surface area contributed by atoms with Gasteiger partial charge in [0.05, 0.1) is 22.7 Å². The Balaban J connectivity index is 1.56. The molecule has 8 rings (SSSR count). The highest BCUT2D eigenvalue weighted by molar-refractivity contribution is 6.00. The number of para-hydroxylation sites is 4. The predicted molar refractivity (Wildman–Crippen MR) is 212 cm³/mol. The monoisotopic (exact) mass is 652 g/mol. The molecule has 0 amide bonds. The molecule has 0 bridgehead atoms. The van der Waals surface area contributed by atoms with E-state index in [0.29, 0.717) is 0 Å². The van der Waals surface area contributed by atoms with Gasteiger partial charge in [0, 0.05) is 22.7 Å². The molecule has 4 nitrogen and oxygen atoms in total. The van der Waals surface area contributed by atoms with Crippen LogP contribution in [-0.2, 0) is 25.7 Å². The molecule has 6 aromatic carbocycles. The van der Waals surface area contributed by atoms with Gasteiger partial charge in [-0.1, -0.05) is 100 Å². The second-order valence-electron chi connectivity index (χ2n) is 13.0. The van der Waals surface area contributed by atoms with Crippen LogP contribution in [-0.4, -0.2) is 0 Å². The van der Waals surface area contributed by atoms with Gasteiger partial charge in [0.15, 0.2) is 11.6 Å². The van der Waals surface area contributed by atoms with E-state index in [1.165, 1.54) is 45.0 Å². The third-order valence-electron chi connectivity index (χ3n) is 10.2. The van der Waals surface area contributed by atoms with Crippen LogP contribution < -0.4 is 19.6 Å². The maximum Gasteiger partial charge on any atom is 0.166 e. The molecule has 0 spiro atoms. The van der Waals surface area contributed by atoms with E-state index in [1.807, 2.05) is 0 Å². The molecule has 0 aliphatic carbocycles. The lowest BCUT2D eigenvalue weighted by Crippen LogP contribution is -2.33. The number of hydrogen-bond donors (Lipinski definition) is 0. The van der Waals surface area contributed by atoms with Crippen molar-refractivity contribution in [3.05, 3.63) is 179 Å². The van der Waals surface area contributed by atoms with Crippen LogP contribution in [0.1, 0.15) is 49.9 Å². The largest absolute Gasteiger partial charge is 0.291 e. The number of anilines is 8. The van der Waals surface area contributed by atoms with Crippen molar-refractivity contribution in [3.8, 4) is 0 Å². The van der Waals surface area contributed by atoms with Crippen molar-refractivity contribution in [2.45, 2.75) is 53.4 Å². The number of aryl methyl sites for hydroxylation is 4. The number of nitrogens with zero attached hydrogens (tertiary/aromatic N) is 4. The van der Waals surface area contributed by atoms with Gasteiger partial charge >= 0.3 is 0 Å². The summed E-state index contributed by atoms with van der Waals surface area (Å²) in [6.45, 7) is 9.09. The van der Waals surface area contributed by atoms with E-state index >= 15 is 0 Å². The van der Waals surface area contributed by atoms with Gasteiger partial charge in [-0.3, -0.25) is 19.6 Å². The molecule has 0 fully saturated rings. The Kier molecular flexibility index (Phi) is 8.38. The summed E-state index contributed by atoms with van der Waals surface area (Å²) >= 11 is 0. The fourth-order valence-corrected chi connectivity index (χ4v) is 7.77. The zero-order chi connectivity index (χ0) is 34.2. The number of rotatable bonds is 8. The summed E-state index contributed by atoms with van der Waals surface area (Å²) in [5.41, 5.74) is 14.8. The molecule has 0 radical (unpaired) electrons. The van der Waals surface area contributed by atoms with E-state index in [0.717, 1.165) is 60.1 Å². The summed E-state index contributed by atoms with van der Waals surface area (Å²) in [5.74, 6) is 2.18. The Bertz CT molecular complexity index is 1850. The van der Waals surface area contributed by atoms with E-state index < -0.39 is 0 Å². The maximum atomic E-state index is 2.50. The third kappa shape index (κ3) is 5.14. The van der Waals surface area contributed by atoms with E-state index in [1.54, 1.807) is 0 Å². The zero-order valence-electron chi connectivity index (χ0n) is 29.5. The van der Waals surface area contributed by atoms with Crippen molar-refractivity contribution in [1.29, 1.82) is 0 Å². The van der Waals surface area contributed by atoms with Crippen LogP contribution in [0.3, 0.4) is 0 Å². The molecule has 2 aliphatic rings. The Hall–Kier alpha value is -5.74. The highest BCUT2D eigenvalue weighted by Gasteiger charge is 2.44. The standard InChI is InChI=1S/C46H44N4/c1-5-33-29-41-42(30-34(33)6-2)48(38-23-15-10-16-24-38)45(47(41)37-21-13-9-14-22-37)46-49(39-25-17-11-18-26-39)43-31-35(7-3)36(8-4)32-44(43)50(46)40-27-19-12-20-28-40/h9-32H,5-8H2,1-4H3. The van der Waals surface area contributed by atoms with E-state index in [4.69, 9.17) is 0 Å². The predicted octanol–water partition coefficient (Wildman–Crippen LogP) is 12.3. The first-order valence-electron chi connectivity index (χ1n) is 18.1. The molecule has 0 atom stereocenters. The molecule has 248 valence electrons. The first-order chi connectivity index (χ1) is 24.7. The van der Waals surface area contributed by atoms with Crippen LogP contribution in [0.25, 0.3) is 0 Å². The molecule has 2 heterocycles. The fraction of sp³-hybridized carbons (Fsp3) is 0.174. The van der Waals surface area contributed by atoms with Crippen molar-refractivity contribution in [1.82, 2.24) is 0 Å². The summed E-state index contributed by atoms with van der Waals surface area (Å²) in [6.07, 6.45) is 3.92. The highest BCUT2D eigenvalue weighted by Crippen LogP contribution is 2.57. The van der Waals surface area contributed by atoms with Gasteiger partial charge in [0.2, 0.25) is 0 Å². The van der Waals surface area contributed by atoms with E-state index in [9.17, 15) is 0 Å². The molecule has 0 N–H and O–H groups in total. The highest BCUT2D eigenvalue weighted by atomic mass is 15.5. The first kappa shape index (κ1) is 31.5. The van der Waals surface area contributed by atoms with Crippen LogP contribution in [0.15, 0.2) is 157 Å². The zero-order valence-corrected chi connectivity index (χ0v) is 29.5. The average molecular weight is 653 g/mol. The summed E-state index contributed by atoms with van der Waals surface area (Å²) in [5, 5.41) is 0. The van der Waals surface area contributed by atoms with Gasteiger partial charge in [-0.25, -0.2) is 0 Å². The molecule has 2 aliphatic heterocycles. The minimum atomic E-state index is 0.980. The van der Waals surface area contributed by atoms with Crippen molar-refractivity contribution in [2.24, 2.45) is 0 Å². The normalized spacial score (nSPS) is 13.7. The van der Waals surface area contributed by atoms with Crippen LogP contribution in [0.4, 0.5) is 45.5 Å². The Morgan fingerprint density at radius 3 is 0.680 bits per heavy atom. The lowest BCUT2D eigenvalue weighted by molar-refractivity contribution is 1.01. The lowest BCUT2D eigenvalue weighted by Gasteiger charge is -2.34. The second kappa shape index (κ2) is 13.3. The average Bonchev–Trinajstić information content (AvgIpc) is 3.69. The minimum absolute atomic E-state index is 0.980. The summed E-state index contributed by atoms with van der Waals surface area (Å²) in [6, 6.07) is 53.3. The SMILES string of the molecule is CCc1cc2c(cc1CC)N(c1ccccc1)C(=C1N(c3ccccc3)c3cc(CC)c(CC)cc3N1c1ccccc1)N2c1ccccc1. The first-order valence-corrected chi connectivity index (χ1v) is 18.1. The molecule has 0 saturated heterocycles.